The number of fused-ring (bicyclic) bond motifs is 3. The lowest BCUT2D eigenvalue weighted by molar-refractivity contribution is -0.145. The van der Waals surface area contributed by atoms with E-state index in [9.17, 15) is 4.79 Å². The normalized spacial score (nSPS) is 11.4. The predicted octanol–water partition coefficient (Wildman–Crippen LogP) is 3.47. The van der Waals surface area contributed by atoms with Gasteiger partial charge in [0.2, 0.25) is 0 Å². The second kappa shape index (κ2) is 6.83. The van der Waals surface area contributed by atoms with Gasteiger partial charge in [0.25, 0.3) is 0 Å². The van der Waals surface area contributed by atoms with Crippen LogP contribution in [0.1, 0.15) is 34.8 Å². The molecule has 4 aromatic rings. The molecule has 1 aromatic carbocycles. The highest BCUT2D eigenvalue weighted by atomic mass is 16.5. The zero-order chi connectivity index (χ0) is 19.0. The van der Waals surface area contributed by atoms with Gasteiger partial charge in [0.15, 0.2) is 5.65 Å². The maximum Gasteiger partial charge on any atom is 0.306 e. The van der Waals surface area contributed by atoms with Crippen molar-refractivity contribution >= 4 is 22.5 Å². The average molecular weight is 364 g/mol. The summed E-state index contributed by atoms with van der Waals surface area (Å²) in [5.41, 5.74) is 5.28. The van der Waals surface area contributed by atoms with Crippen LogP contribution in [0.5, 0.6) is 0 Å². The molecule has 0 amide bonds. The Kier molecular flexibility index (Phi) is 4.35. The molecule has 0 fully saturated rings. The van der Waals surface area contributed by atoms with Gasteiger partial charge < -0.3 is 9.26 Å². The van der Waals surface area contributed by atoms with Crippen molar-refractivity contribution in [3.63, 3.8) is 0 Å². The third-order valence-corrected chi connectivity index (χ3v) is 4.66. The molecule has 3 aromatic heterocycles. The summed E-state index contributed by atoms with van der Waals surface area (Å²) in [6.45, 7) is 5.89. The minimum atomic E-state index is -0.278. The summed E-state index contributed by atoms with van der Waals surface area (Å²) in [5.74, 6) is 0.415. The molecule has 0 radical (unpaired) electrons. The van der Waals surface area contributed by atoms with E-state index >= 15 is 0 Å². The third kappa shape index (κ3) is 3.28. The van der Waals surface area contributed by atoms with E-state index in [1.54, 1.807) is 13.0 Å². The van der Waals surface area contributed by atoms with Gasteiger partial charge in [-0.15, -0.1) is 0 Å². The van der Waals surface area contributed by atoms with Crippen LogP contribution in [-0.4, -0.2) is 25.7 Å². The number of rotatable bonds is 5. The van der Waals surface area contributed by atoms with Crippen molar-refractivity contribution in [3.05, 3.63) is 58.7 Å². The second-order valence-electron chi connectivity index (χ2n) is 6.60. The standard InChI is InChI=1S/C20H20N4O3/c1-12-10-15(23-27-12)11-26-19(25)9-8-16-13(2)21-20-17-6-4-5-7-18(17)22-24(20)14(16)3/h4-7,10H,8-9,11H2,1-3H3. The van der Waals surface area contributed by atoms with E-state index in [2.05, 4.69) is 10.3 Å². The molecule has 0 saturated carbocycles. The summed E-state index contributed by atoms with van der Waals surface area (Å²) in [7, 11) is 0. The van der Waals surface area contributed by atoms with Crippen LogP contribution in [0.2, 0.25) is 0 Å². The van der Waals surface area contributed by atoms with Crippen molar-refractivity contribution in [2.24, 2.45) is 0 Å². The number of ether oxygens (including phenoxy) is 1. The van der Waals surface area contributed by atoms with Crippen molar-refractivity contribution in [1.82, 2.24) is 19.8 Å². The summed E-state index contributed by atoms with van der Waals surface area (Å²) in [5, 5.41) is 9.48. The van der Waals surface area contributed by atoms with E-state index in [0.29, 0.717) is 17.9 Å². The van der Waals surface area contributed by atoms with Gasteiger partial charge in [-0.1, -0.05) is 17.3 Å². The topological polar surface area (TPSA) is 82.5 Å². The van der Waals surface area contributed by atoms with Gasteiger partial charge in [0.1, 0.15) is 18.1 Å². The van der Waals surface area contributed by atoms with Gasteiger partial charge in [0, 0.05) is 29.3 Å². The van der Waals surface area contributed by atoms with E-state index < -0.39 is 0 Å². The lowest BCUT2D eigenvalue weighted by Gasteiger charge is -2.11. The Morgan fingerprint density at radius 2 is 2.04 bits per heavy atom. The number of hydrogen-bond donors (Lipinski definition) is 0. The van der Waals surface area contributed by atoms with Gasteiger partial charge in [0.05, 0.1) is 5.52 Å². The Balaban J connectivity index is 1.51. The van der Waals surface area contributed by atoms with E-state index in [4.69, 9.17) is 14.2 Å². The van der Waals surface area contributed by atoms with Crippen molar-refractivity contribution < 1.29 is 14.1 Å². The van der Waals surface area contributed by atoms with Crippen molar-refractivity contribution in [1.29, 1.82) is 0 Å². The molecule has 0 spiro atoms. The summed E-state index contributed by atoms with van der Waals surface area (Å²) in [4.78, 5) is 16.8. The summed E-state index contributed by atoms with van der Waals surface area (Å²) >= 11 is 0. The van der Waals surface area contributed by atoms with Crippen LogP contribution in [0.3, 0.4) is 0 Å². The average Bonchev–Trinajstić information content (AvgIpc) is 3.23. The predicted molar refractivity (Wildman–Crippen MR) is 99.3 cm³/mol. The first-order valence-electron chi connectivity index (χ1n) is 8.84. The minimum absolute atomic E-state index is 0.121. The van der Waals surface area contributed by atoms with E-state index in [0.717, 1.165) is 33.5 Å². The molecule has 7 nitrogen and oxygen atoms in total. The maximum atomic E-state index is 12.1. The fraction of sp³-hybridized carbons (Fsp3) is 0.300. The molecule has 0 saturated heterocycles. The number of benzene rings is 1. The molecule has 7 heteroatoms. The highest BCUT2D eigenvalue weighted by molar-refractivity contribution is 5.92. The molecule has 138 valence electrons. The van der Waals surface area contributed by atoms with Crippen LogP contribution in [0.25, 0.3) is 16.6 Å². The Hall–Kier alpha value is -3.22. The highest BCUT2D eigenvalue weighted by Gasteiger charge is 2.15. The first-order chi connectivity index (χ1) is 13.0. The maximum absolute atomic E-state index is 12.1. The van der Waals surface area contributed by atoms with Gasteiger partial charge >= 0.3 is 5.97 Å². The number of aryl methyl sites for hydroxylation is 3. The summed E-state index contributed by atoms with van der Waals surface area (Å²) in [6.07, 6.45) is 0.819. The van der Waals surface area contributed by atoms with Crippen LogP contribution in [0.4, 0.5) is 0 Å². The molecule has 4 rings (SSSR count). The number of nitrogens with zero attached hydrogens (tertiary/aromatic N) is 4. The zero-order valence-electron chi connectivity index (χ0n) is 15.5. The number of carbonyl (C=O) groups excluding carboxylic acids is 1. The van der Waals surface area contributed by atoms with Gasteiger partial charge in [-0.3, -0.25) is 4.79 Å². The van der Waals surface area contributed by atoms with E-state index in [1.807, 2.05) is 42.6 Å². The molecule has 3 heterocycles. The van der Waals surface area contributed by atoms with Crippen LogP contribution >= 0.6 is 0 Å². The molecule has 0 aliphatic carbocycles. The highest BCUT2D eigenvalue weighted by Crippen LogP contribution is 2.23. The molecule has 0 bridgehead atoms. The van der Waals surface area contributed by atoms with E-state index in [-0.39, 0.29) is 19.0 Å². The molecular weight excluding hydrogens is 344 g/mol. The quantitative estimate of drug-likeness (QED) is 0.504. The lowest BCUT2D eigenvalue weighted by atomic mass is 10.1. The molecule has 27 heavy (non-hydrogen) atoms. The molecule has 0 unspecified atom stereocenters. The zero-order valence-corrected chi connectivity index (χ0v) is 15.5. The molecule has 0 N–H and O–H groups in total. The van der Waals surface area contributed by atoms with Crippen molar-refractivity contribution in [2.75, 3.05) is 0 Å². The van der Waals surface area contributed by atoms with Gasteiger partial charge in [-0.25, -0.2) is 9.50 Å². The van der Waals surface area contributed by atoms with E-state index in [1.165, 1.54) is 0 Å². The fourth-order valence-corrected chi connectivity index (χ4v) is 3.28. The molecule has 0 atom stereocenters. The van der Waals surface area contributed by atoms with Crippen molar-refractivity contribution in [2.45, 2.75) is 40.2 Å². The van der Waals surface area contributed by atoms with Gasteiger partial charge in [-0.2, -0.15) is 5.10 Å². The molecule has 0 aliphatic heterocycles. The fourth-order valence-electron chi connectivity index (χ4n) is 3.28. The largest absolute Gasteiger partial charge is 0.459 e. The number of carbonyl (C=O) groups is 1. The molecular formula is C20H20N4O3. The monoisotopic (exact) mass is 364 g/mol. The Labute approximate surface area is 155 Å². The Morgan fingerprint density at radius 3 is 2.81 bits per heavy atom. The lowest BCUT2D eigenvalue weighted by Crippen LogP contribution is -2.10. The number of aromatic nitrogens is 4. The smallest absolute Gasteiger partial charge is 0.306 e. The van der Waals surface area contributed by atoms with Crippen LogP contribution < -0.4 is 0 Å². The van der Waals surface area contributed by atoms with Crippen molar-refractivity contribution in [3.8, 4) is 0 Å². The second-order valence-corrected chi connectivity index (χ2v) is 6.60. The summed E-state index contributed by atoms with van der Waals surface area (Å²) < 4.78 is 12.1. The first-order valence-corrected chi connectivity index (χ1v) is 8.84. The van der Waals surface area contributed by atoms with Gasteiger partial charge in [-0.05, 0) is 44.9 Å². The van der Waals surface area contributed by atoms with Crippen LogP contribution in [-0.2, 0) is 22.6 Å². The number of hydrogen-bond acceptors (Lipinski definition) is 6. The summed E-state index contributed by atoms with van der Waals surface area (Å²) in [6, 6.07) is 9.69. The Bertz CT molecular complexity index is 1140. The first kappa shape index (κ1) is 17.2. The number of esters is 1. The Morgan fingerprint density at radius 1 is 1.22 bits per heavy atom. The SMILES string of the molecule is Cc1cc(COC(=O)CCc2c(C)nc3c4ccccc4nn3c2C)no1. The van der Waals surface area contributed by atoms with Crippen LogP contribution in [0, 0.1) is 20.8 Å². The minimum Gasteiger partial charge on any atom is -0.459 e. The van der Waals surface area contributed by atoms with Crippen LogP contribution in [0.15, 0.2) is 34.9 Å². The third-order valence-electron chi connectivity index (χ3n) is 4.66. The molecule has 0 aliphatic rings.